The smallest absolute Gasteiger partial charge is 0.286 e. The molecule has 2 atom stereocenters. The van der Waals surface area contributed by atoms with Crippen LogP contribution in [0.4, 0.5) is 20.7 Å². The Bertz CT molecular complexity index is 702. The minimum atomic E-state index is -3.03. The van der Waals surface area contributed by atoms with Crippen LogP contribution in [-0.2, 0) is 5.92 Å². The van der Waals surface area contributed by atoms with E-state index in [2.05, 4.69) is 30.6 Å². The van der Waals surface area contributed by atoms with Crippen LogP contribution in [0.25, 0.3) is 11.5 Å². The van der Waals surface area contributed by atoms with Crippen molar-refractivity contribution in [2.45, 2.75) is 65.5 Å². The van der Waals surface area contributed by atoms with Crippen molar-refractivity contribution in [2.24, 2.45) is 0 Å². The van der Waals surface area contributed by atoms with Crippen LogP contribution in [-0.4, -0.2) is 32.0 Å². The van der Waals surface area contributed by atoms with Crippen molar-refractivity contribution in [2.75, 3.05) is 10.6 Å². The number of nitrogens with one attached hydrogen (secondary N) is 2. The third-order valence-electron chi connectivity index (χ3n) is 4.04. The van der Waals surface area contributed by atoms with Gasteiger partial charge in [-0.3, -0.25) is 0 Å². The number of halogens is 2. The average molecular weight is 364 g/mol. The number of pyridine rings is 1. The van der Waals surface area contributed by atoms with E-state index >= 15 is 0 Å². The van der Waals surface area contributed by atoms with Gasteiger partial charge in [-0.15, -0.1) is 0 Å². The minimum Gasteiger partial charge on any atom is -0.352 e. The molecular weight excluding hydrogens is 338 g/mol. The monoisotopic (exact) mass is 364 g/mol. The van der Waals surface area contributed by atoms with Crippen LogP contribution >= 0.6 is 0 Å². The molecule has 26 heavy (non-hydrogen) atoms. The summed E-state index contributed by atoms with van der Waals surface area (Å²) in [5.74, 6) is -1.99. The highest BCUT2D eigenvalue weighted by atomic mass is 19.3. The molecule has 0 saturated heterocycles. The molecule has 0 aromatic carbocycles. The van der Waals surface area contributed by atoms with Crippen LogP contribution in [0.1, 0.15) is 53.2 Å². The molecule has 0 unspecified atom stereocenters. The van der Waals surface area contributed by atoms with Crippen LogP contribution in [0.2, 0.25) is 0 Å². The summed E-state index contributed by atoms with van der Waals surface area (Å²) in [4.78, 5) is 17.2. The first-order valence-corrected chi connectivity index (χ1v) is 8.87. The molecule has 0 amide bonds. The van der Waals surface area contributed by atoms with Gasteiger partial charge in [-0.25, -0.2) is 4.98 Å². The number of aromatic nitrogens is 4. The molecule has 0 fully saturated rings. The molecule has 2 heterocycles. The molecule has 0 aliphatic heterocycles. The van der Waals surface area contributed by atoms with Gasteiger partial charge < -0.3 is 10.6 Å². The van der Waals surface area contributed by atoms with Crippen LogP contribution in [0.15, 0.2) is 18.2 Å². The molecule has 0 saturated carbocycles. The lowest BCUT2D eigenvalue weighted by molar-refractivity contribution is 0.0129. The predicted molar refractivity (Wildman–Crippen MR) is 99.4 cm³/mol. The summed E-state index contributed by atoms with van der Waals surface area (Å²) >= 11 is 0. The van der Waals surface area contributed by atoms with Gasteiger partial charge in [-0.2, -0.15) is 23.7 Å². The van der Waals surface area contributed by atoms with E-state index in [-0.39, 0.29) is 29.3 Å². The maximum Gasteiger partial charge on any atom is 0.286 e. The van der Waals surface area contributed by atoms with Crippen molar-refractivity contribution in [1.29, 1.82) is 0 Å². The maximum absolute atomic E-state index is 13.6. The fraction of sp³-hybridized carbons (Fsp3) is 0.556. The van der Waals surface area contributed by atoms with Gasteiger partial charge in [-0.05, 0) is 38.8 Å². The Morgan fingerprint density at radius 2 is 1.46 bits per heavy atom. The summed E-state index contributed by atoms with van der Waals surface area (Å²) in [6, 6.07) is 4.77. The van der Waals surface area contributed by atoms with Crippen molar-refractivity contribution in [3.63, 3.8) is 0 Å². The van der Waals surface area contributed by atoms with E-state index in [0.29, 0.717) is 11.9 Å². The summed E-state index contributed by atoms with van der Waals surface area (Å²) in [5, 5.41) is 6.40. The lowest BCUT2D eigenvalue weighted by Crippen LogP contribution is -2.20. The molecule has 142 valence electrons. The molecular formula is C18H26F2N6. The molecule has 0 aliphatic carbocycles. The molecule has 8 heteroatoms. The fourth-order valence-electron chi connectivity index (χ4n) is 2.07. The highest BCUT2D eigenvalue weighted by Crippen LogP contribution is 2.27. The van der Waals surface area contributed by atoms with Crippen molar-refractivity contribution in [3.05, 3.63) is 23.9 Å². The van der Waals surface area contributed by atoms with Gasteiger partial charge in [0.1, 0.15) is 11.4 Å². The van der Waals surface area contributed by atoms with Crippen molar-refractivity contribution in [1.82, 2.24) is 19.9 Å². The number of anilines is 2. The first-order valence-electron chi connectivity index (χ1n) is 8.87. The number of hydrogen-bond donors (Lipinski definition) is 2. The van der Waals surface area contributed by atoms with Gasteiger partial charge in [0.15, 0.2) is 5.82 Å². The van der Waals surface area contributed by atoms with E-state index in [1.807, 2.05) is 27.7 Å². The number of rotatable bonds is 8. The number of hydrogen-bond acceptors (Lipinski definition) is 6. The van der Waals surface area contributed by atoms with E-state index < -0.39 is 5.92 Å². The number of nitrogens with zero attached hydrogens (tertiary/aromatic N) is 4. The second kappa shape index (κ2) is 8.33. The Balaban J connectivity index is 2.46. The van der Waals surface area contributed by atoms with Crippen LogP contribution < -0.4 is 10.6 Å². The first kappa shape index (κ1) is 19.9. The topological polar surface area (TPSA) is 75.6 Å². The zero-order valence-corrected chi connectivity index (χ0v) is 15.8. The molecule has 0 bridgehead atoms. The third kappa shape index (κ3) is 5.31. The minimum absolute atomic E-state index is 0.168. The summed E-state index contributed by atoms with van der Waals surface area (Å²) in [7, 11) is 0. The highest BCUT2D eigenvalue weighted by Gasteiger charge is 2.26. The van der Waals surface area contributed by atoms with Crippen LogP contribution in [0.3, 0.4) is 0 Å². The molecule has 2 rings (SSSR count). The first-order chi connectivity index (χ1) is 12.2. The van der Waals surface area contributed by atoms with E-state index in [1.54, 1.807) is 6.07 Å². The Morgan fingerprint density at radius 1 is 0.923 bits per heavy atom. The standard InChI is InChI=1S/C18H26F2N6/c1-6-11(3)21-16-24-15(25-17(26-16)22-12(4)7-2)13-9-8-10-14(23-13)18(5,19)20/h8-12H,6-7H2,1-5H3,(H2,21,22,24,25,26)/t11-,12-/m1/s1. The lowest BCUT2D eigenvalue weighted by atomic mass is 10.2. The average Bonchev–Trinajstić information content (AvgIpc) is 2.60. The molecule has 0 aliphatic rings. The summed E-state index contributed by atoms with van der Waals surface area (Å²) in [5.41, 5.74) is -0.0332. The van der Waals surface area contributed by atoms with E-state index in [9.17, 15) is 8.78 Å². The predicted octanol–water partition coefficient (Wildman–Crippen LogP) is 4.47. The lowest BCUT2D eigenvalue weighted by Gasteiger charge is -2.16. The van der Waals surface area contributed by atoms with Crippen molar-refractivity contribution < 1.29 is 8.78 Å². The molecule has 2 N–H and O–H groups in total. The second-order valence-corrected chi connectivity index (χ2v) is 6.51. The molecule has 2 aromatic heterocycles. The summed E-state index contributed by atoms with van der Waals surface area (Å²) in [6.45, 7) is 8.95. The maximum atomic E-state index is 13.6. The van der Waals surface area contributed by atoms with Gasteiger partial charge in [0.05, 0.1) is 0 Å². The van der Waals surface area contributed by atoms with Gasteiger partial charge in [0, 0.05) is 19.0 Å². The second-order valence-electron chi connectivity index (χ2n) is 6.51. The molecule has 2 aromatic rings. The molecule has 0 radical (unpaired) electrons. The Hall–Kier alpha value is -2.38. The normalized spacial score (nSPS) is 14.0. The molecule has 0 spiro atoms. The van der Waals surface area contributed by atoms with E-state index in [1.165, 1.54) is 12.1 Å². The van der Waals surface area contributed by atoms with Gasteiger partial charge >= 0.3 is 0 Å². The largest absolute Gasteiger partial charge is 0.352 e. The van der Waals surface area contributed by atoms with Gasteiger partial charge in [-0.1, -0.05) is 19.9 Å². The molecule has 6 nitrogen and oxygen atoms in total. The number of alkyl halides is 2. The fourth-order valence-corrected chi connectivity index (χ4v) is 2.07. The highest BCUT2D eigenvalue weighted by molar-refractivity contribution is 5.54. The third-order valence-corrected chi connectivity index (χ3v) is 4.04. The quantitative estimate of drug-likeness (QED) is 0.720. The van der Waals surface area contributed by atoms with Crippen molar-refractivity contribution in [3.8, 4) is 11.5 Å². The van der Waals surface area contributed by atoms with Crippen LogP contribution in [0.5, 0.6) is 0 Å². The van der Waals surface area contributed by atoms with Gasteiger partial charge in [0.2, 0.25) is 11.9 Å². The van der Waals surface area contributed by atoms with E-state index in [0.717, 1.165) is 19.8 Å². The van der Waals surface area contributed by atoms with Crippen molar-refractivity contribution >= 4 is 11.9 Å². The SMILES string of the molecule is CC[C@@H](C)Nc1nc(N[C@H](C)CC)nc(-c2cccc(C(C)(F)F)n2)n1. The Morgan fingerprint density at radius 3 is 1.92 bits per heavy atom. The Labute approximate surface area is 152 Å². The summed E-state index contributed by atoms with van der Waals surface area (Å²) in [6.07, 6.45) is 1.79. The Kier molecular flexibility index (Phi) is 6.39. The summed E-state index contributed by atoms with van der Waals surface area (Å²) < 4.78 is 27.2. The van der Waals surface area contributed by atoms with Gasteiger partial charge in [0.25, 0.3) is 5.92 Å². The zero-order chi connectivity index (χ0) is 19.3. The zero-order valence-electron chi connectivity index (χ0n) is 15.8. The van der Waals surface area contributed by atoms with Crippen LogP contribution in [0, 0.1) is 0 Å². The van der Waals surface area contributed by atoms with E-state index in [4.69, 9.17) is 0 Å².